The van der Waals surface area contributed by atoms with E-state index in [1.807, 2.05) is 0 Å². The second-order valence-electron chi connectivity index (χ2n) is 8.95. The van der Waals surface area contributed by atoms with Gasteiger partial charge in [0.2, 0.25) is 0 Å². The molecule has 0 spiro atoms. The molecule has 0 bridgehead atoms. The van der Waals surface area contributed by atoms with Crippen LogP contribution in [0.15, 0.2) is 48.6 Å². The van der Waals surface area contributed by atoms with Crippen molar-refractivity contribution in [3.05, 3.63) is 48.6 Å². The molecule has 0 amide bonds. The SMILES string of the molecule is CC1CC2C=CC=CC2[CH]1[Hf+2]([CH]1C(C)CC2C=CC=CC21)=[Si](C)C.[Cl-].[Cl-]. The molecule has 4 heteroatoms. The smallest absolute Gasteiger partial charge is 1.00 e. The van der Waals surface area contributed by atoms with Crippen molar-refractivity contribution < 1.29 is 44.9 Å². The Morgan fingerprint density at radius 3 is 1.46 bits per heavy atom. The van der Waals surface area contributed by atoms with Crippen molar-refractivity contribution in [2.24, 2.45) is 35.5 Å². The monoisotopic (exact) mass is 574 g/mol. The van der Waals surface area contributed by atoms with Crippen LogP contribution < -0.4 is 24.8 Å². The summed E-state index contributed by atoms with van der Waals surface area (Å²) in [4.78, 5) is 0. The van der Waals surface area contributed by atoms with Gasteiger partial charge in [-0.1, -0.05) is 0 Å². The van der Waals surface area contributed by atoms with Crippen molar-refractivity contribution in [1.29, 1.82) is 0 Å². The largest absolute Gasteiger partial charge is 1.00 e. The average Bonchev–Trinajstić information content (AvgIpc) is 3.05. The van der Waals surface area contributed by atoms with Gasteiger partial charge in [-0.3, -0.25) is 0 Å². The molecule has 0 radical (unpaired) electrons. The maximum Gasteiger partial charge on any atom is -1.00 e. The molecule has 2 saturated carbocycles. The van der Waals surface area contributed by atoms with E-state index in [-0.39, 0.29) is 30.3 Å². The molecule has 4 aliphatic carbocycles. The zero-order chi connectivity index (χ0) is 16.8. The maximum absolute atomic E-state index is 2.69. The summed E-state index contributed by atoms with van der Waals surface area (Å²) in [5, 5.41) is 0. The Morgan fingerprint density at radius 2 is 1.08 bits per heavy atom. The van der Waals surface area contributed by atoms with Crippen molar-refractivity contribution in [1.82, 2.24) is 0 Å². The molecule has 26 heavy (non-hydrogen) atoms. The normalized spacial score (nSPS) is 41.5. The Morgan fingerprint density at radius 1 is 0.692 bits per heavy atom. The van der Waals surface area contributed by atoms with Gasteiger partial charge in [-0.25, -0.2) is 0 Å². The van der Waals surface area contributed by atoms with Gasteiger partial charge in [-0.15, -0.1) is 0 Å². The Balaban J connectivity index is 0.00000121. The van der Waals surface area contributed by atoms with Crippen molar-refractivity contribution in [2.45, 2.75) is 47.1 Å². The van der Waals surface area contributed by atoms with E-state index < -0.39 is 20.1 Å². The third-order valence-electron chi connectivity index (χ3n) is 7.23. The first-order valence-electron chi connectivity index (χ1n) is 9.95. The van der Waals surface area contributed by atoms with E-state index in [0.29, 0.717) is 0 Å². The molecule has 0 aromatic rings. The fraction of sp³-hybridized carbons (Fsp3) is 0.636. The fourth-order valence-electron chi connectivity index (χ4n) is 6.41. The van der Waals surface area contributed by atoms with Gasteiger partial charge in [0.1, 0.15) is 0 Å². The van der Waals surface area contributed by atoms with Crippen LogP contribution >= 0.6 is 0 Å². The van der Waals surface area contributed by atoms with Crippen LogP contribution in [0.2, 0.25) is 20.4 Å². The van der Waals surface area contributed by atoms with Gasteiger partial charge in [0.25, 0.3) is 0 Å². The number of fused-ring (bicyclic) bond motifs is 2. The van der Waals surface area contributed by atoms with E-state index in [1.165, 1.54) is 12.8 Å². The summed E-state index contributed by atoms with van der Waals surface area (Å²) in [5.74, 6) is 5.49. The van der Waals surface area contributed by atoms with Crippen LogP contribution in [0.3, 0.4) is 0 Å². The minimum Gasteiger partial charge on any atom is -1.00 e. The maximum atomic E-state index is 2.69. The summed E-state index contributed by atoms with van der Waals surface area (Å²) < 4.78 is 2.24. The van der Waals surface area contributed by atoms with Crippen LogP contribution in [0.4, 0.5) is 0 Å². The van der Waals surface area contributed by atoms with Gasteiger partial charge < -0.3 is 24.8 Å². The predicted octanol–water partition coefficient (Wildman–Crippen LogP) is 0.237. The molecular weight excluding hydrogens is 542 g/mol. The van der Waals surface area contributed by atoms with E-state index in [1.54, 1.807) is 0 Å². The summed E-state index contributed by atoms with van der Waals surface area (Å²) in [6.07, 6.45) is 22.6. The van der Waals surface area contributed by atoms with Crippen molar-refractivity contribution in [2.75, 3.05) is 0 Å². The zero-order valence-electron chi connectivity index (χ0n) is 16.4. The zero-order valence-corrected chi connectivity index (χ0v) is 22.5. The number of allylic oxidation sites excluding steroid dienone is 8. The molecule has 8 atom stereocenters. The van der Waals surface area contributed by atoms with Gasteiger partial charge in [0.05, 0.1) is 0 Å². The standard InChI is InChI=1S/2C10H13.C2H6Si.2ClH.Hf/c2*1-8-6-9-4-2-3-5-10(9)7-8;1-3-2;;;/h2*2-6,8-10H,7H2,1H3;1-2H3;2*1H;/q;;;;;+2/p-2. The van der Waals surface area contributed by atoms with Crippen LogP contribution in [0, 0.1) is 35.5 Å². The Labute approximate surface area is 180 Å². The number of hydrogen-bond donors (Lipinski definition) is 0. The van der Waals surface area contributed by atoms with E-state index in [0.717, 1.165) is 42.9 Å². The minimum absolute atomic E-state index is 0. The summed E-state index contributed by atoms with van der Waals surface area (Å²) in [5.41, 5.74) is -0.106. The summed E-state index contributed by atoms with van der Waals surface area (Å²) >= 11 is -1.71. The number of hydrogen-bond acceptors (Lipinski definition) is 0. The van der Waals surface area contributed by atoms with Crippen LogP contribution in [-0.4, -0.2) is 5.49 Å². The van der Waals surface area contributed by atoms with Gasteiger partial charge >= 0.3 is 157 Å². The van der Waals surface area contributed by atoms with Crippen molar-refractivity contribution in [3.8, 4) is 0 Å². The molecule has 2 fully saturated rings. The van der Waals surface area contributed by atoms with Crippen molar-refractivity contribution >= 4 is 5.49 Å². The number of halogens is 2. The number of rotatable bonds is 2. The second kappa shape index (κ2) is 9.42. The first-order chi connectivity index (χ1) is 11.6. The first-order valence-corrected chi connectivity index (χ1v) is 22.0. The molecule has 0 saturated heterocycles. The summed E-state index contributed by atoms with van der Waals surface area (Å²) in [6, 6.07) is 0. The fourth-order valence-corrected chi connectivity index (χ4v) is 42.5. The third kappa shape index (κ3) is 4.00. The minimum atomic E-state index is -1.71. The molecule has 0 aromatic heterocycles. The van der Waals surface area contributed by atoms with Gasteiger partial charge in [0, 0.05) is 0 Å². The van der Waals surface area contributed by atoms with Crippen molar-refractivity contribution in [3.63, 3.8) is 0 Å². The van der Waals surface area contributed by atoms with Gasteiger partial charge in [-0.05, 0) is 0 Å². The molecule has 0 aromatic carbocycles. The summed E-state index contributed by atoms with van der Waals surface area (Å²) in [6.45, 7) is 10.6. The van der Waals surface area contributed by atoms with Crippen LogP contribution in [-0.2, 0) is 20.1 Å². The van der Waals surface area contributed by atoms with E-state index in [2.05, 4.69) is 75.5 Å². The van der Waals surface area contributed by atoms with E-state index in [4.69, 9.17) is 0 Å². The van der Waals surface area contributed by atoms with E-state index in [9.17, 15) is 0 Å². The van der Waals surface area contributed by atoms with Gasteiger partial charge in [-0.2, -0.15) is 0 Å². The van der Waals surface area contributed by atoms with Gasteiger partial charge in [0.15, 0.2) is 0 Å². The molecule has 0 aliphatic heterocycles. The van der Waals surface area contributed by atoms with Crippen LogP contribution in [0.1, 0.15) is 26.7 Å². The molecule has 0 heterocycles. The van der Waals surface area contributed by atoms with Crippen LogP contribution in [0.25, 0.3) is 0 Å². The quantitative estimate of drug-likeness (QED) is 0.416. The molecule has 4 rings (SSSR count). The first kappa shape index (κ1) is 22.9. The Hall–Kier alpha value is 0.627. The molecular formula is C22H32Cl2HfSi. The Bertz CT molecular complexity index is 609. The van der Waals surface area contributed by atoms with E-state index >= 15 is 0 Å². The molecule has 0 N–H and O–H groups in total. The molecule has 8 unspecified atom stereocenters. The topological polar surface area (TPSA) is 0 Å². The Kier molecular flexibility index (Phi) is 8.30. The average molecular weight is 574 g/mol. The summed E-state index contributed by atoms with van der Waals surface area (Å²) in [7, 11) is 0. The third-order valence-corrected chi connectivity index (χ3v) is 38.3. The predicted molar refractivity (Wildman–Crippen MR) is 103 cm³/mol. The van der Waals surface area contributed by atoms with Crippen LogP contribution in [0.5, 0.6) is 0 Å². The molecule has 0 nitrogen and oxygen atoms in total. The molecule has 4 aliphatic rings. The second-order valence-corrected chi connectivity index (χ2v) is 34.5. The molecule has 142 valence electrons.